The fourth-order valence-corrected chi connectivity index (χ4v) is 1.63. The standard InChI is InChI=1S/C12H8ClFN2O/c13-9-2-1-3-10(14)8(9)6-12(17)11-7-15-4-5-16-11/h1-5,7H,6H2. The summed E-state index contributed by atoms with van der Waals surface area (Å²) in [7, 11) is 0. The second-order valence-corrected chi connectivity index (χ2v) is 3.80. The van der Waals surface area contributed by atoms with Gasteiger partial charge in [0, 0.05) is 29.4 Å². The molecule has 0 amide bonds. The lowest BCUT2D eigenvalue weighted by Crippen LogP contribution is -2.08. The molecule has 0 bridgehead atoms. The zero-order valence-corrected chi connectivity index (χ0v) is 9.49. The van der Waals surface area contributed by atoms with E-state index in [1.807, 2.05) is 0 Å². The quantitative estimate of drug-likeness (QED) is 0.787. The van der Waals surface area contributed by atoms with E-state index in [1.54, 1.807) is 6.07 Å². The summed E-state index contributed by atoms with van der Waals surface area (Å²) in [5, 5.41) is 0.238. The van der Waals surface area contributed by atoms with Crippen molar-refractivity contribution < 1.29 is 9.18 Å². The van der Waals surface area contributed by atoms with E-state index in [1.165, 1.54) is 30.7 Å². The van der Waals surface area contributed by atoms with Crippen LogP contribution >= 0.6 is 11.6 Å². The topological polar surface area (TPSA) is 42.9 Å². The smallest absolute Gasteiger partial charge is 0.187 e. The van der Waals surface area contributed by atoms with E-state index in [9.17, 15) is 9.18 Å². The Bertz CT molecular complexity index is 525. The molecule has 2 aromatic rings. The second-order valence-electron chi connectivity index (χ2n) is 3.39. The van der Waals surface area contributed by atoms with Crippen LogP contribution in [0.3, 0.4) is 0 Å². The minimum Gasteiger partial charge on any atom is -0.292 e. The highest BCUT2D eigenvalue weighted by molar-refractivity contribution is 6.31. The fraction of sp³-hybridized carbons (Fsp3) is 0.0833. The summed E-state index contributed by atoms with van der Waals surface area (Å²) in [4.78, 5) is 19.4. The van der Waals surface area contributed by atoms with Crippen molar-refractivity contribution in [3.05, 3.63) is 58.9 Å². The first-order chi connectivity index (χ1) is 8.18. The molecule has 0 unspecified atom stereocenters. The van der Waals surface area contributed by atoms with Crippen LogP contribution in [0.2, 0.25) is 5.02 Å². The summed E-state index contributed by atoms with van der Waals surface area (Å²) < 4.78 is 13.5. The molecule has 0 N–H and O–H groups in total. The molecule has 0 aliphatic heterocycles. The molecule has 2 rings (SSSR count). The number of hydrogen-bond donors (Lipinski definition) is 0. The van der Waals surface area contributed by atoms with Gasteiger partial charge in [-0.1, -0.05) is 17.7 Å². The molecule has 0 radical (unpaired) electrons. The van der Waals surface area contributed by atoms with Crippen molar-refractivity contribution in [2.45, 2.75) is 6.42 Å². The molecule has 0 fully saturated rings. The molecule has 17 heavy (non-hydrogen) atoms. The van der Waals surface area contributed by atoms with E-state index in [0.29, 0.717) is 0 Å². The Hall–Kier alpha value is -1.81. The van der Waals surface area contributed by atoms with Crippen LogP contribution in [0.15, 0.2) is 36.8 Å². The summed E-state index contributed by atoms with van der Waals surface area (Å²) >= 11 is 5.83. The Balaban J connectivity index is 2.25. The van der Waals surface area contributed by atoms with Crippen LogP contribution in [0.4, 0.5) is 4.39 Å². The number of halogens is 2. The van der Waals surface area contributed by atoms with Gasteiger partial charge < -0.3 is 0 Å². The third kappa shape index (κ3) is 2.65. The van der Waals surface area contributed by atoms with Gasteiger partial charge in [0.2, 0.25) is 0 Å². The number of carbonyl (C=O) groups excluding carboxylic acids is 1. The SMILES string of the molecule is O=C(Cc1c(F)cccc1Cl)c1cnccn1. The lowest BCUT2D eigenvalue weighted by Gasteiger charge is -2.04. The first kappa shape index (κ1) is 11.7. The highest BCUT2D eigenvalue weighted by Crippen LogP contribution is 2.20. The van der Waals surface area contributed by atoms with Crippen molar-refractivity contribution in [1.29, 1.82) is 0 Å². The van der Waals surface area contributed by atoms with Crippen LogP contribution in [0.5, 0.6) is 0 Å². The van der Waals surface area contributed by atoms with Crippen molar-refractivity contribution in [2.75, 3.05) is 0 Å². The molecular weight excluding hydrogens is 243 g/mol. The number of Topliss-reactive ketones (excluding diaryl/α,β-unsaturated/α-hetero) is 1. The molecule has 86 valence electrons. The summed E-state index contributed by atoms with van der Waals surface area (Å²) in [5.74, 6) is -0.806. The molecule has 3 nitrogen and oxygen atoms in total. The van der Waals surface area contributed by atoms with Crippen molar-refractivity contribution in [1.82, 2.24) is 9.97 Å². The average Bonchev–Trinajstić information content (AvgIpc) is 2.35. The van der Waals surface area contributed by atoms with Crippen LogP contribution in [-0.2, 0) is 6.42 Å². The average molecular weight is 251 g/mol. The maximum absolute atomic E-state index is 13.5. The number of rotatable bonds is 3. The van der Waals surface area contributed by atoms with E-state index in [-0.39, 0.29) is 28.5 Å². The first-order valence-electron chi connectivity index (χ1n) is 4.90. The monoisotopic (exact) mass is 250 g/mol. The number of benzene rings is 1. The Labute approximate surface area is 102 Å². The van der Waals surface area contributed by atoms with E-state index in [4.69, 9.17) is 11.6 Å². The minimum absolute atomic E-state index is 0.121. The van der Waals surface area contributed by atoms with E-state index in [0.717, 1.165) is 0 Å². The number of carbonyl (C=O) groups is 1. The number of hydrogen-bond acceptors (Lipinski definition) is 3. The first-order valence-corrected chi connectivity index (χ1v) is 5.28. The largest absolute Gasteiger partial charge is 0.292 e. The van der Waals surface area contributed by atoms with Crippen molar-refractivity contribution >= 4 is 17.4 Å². The molecule has 1 heterocycles. The molecule has 0 saturated carbocycles. The van der Waals surface area contributed by atoms with Gasteiger partial charge in [0.1, 0.15) is 11.5 Å². The maximum atomic E-state index is 13.5. The highest BCUT2D eigenvalue weighted by atomic mass is 35.5. The third-order valence-electron chi connectivity index (χ3n) is 2.25. The molecule has 0 saturated heterocycles. The number of aromatic nitrogens is 2. The molecule has 0 atom stereocenters. The van der Waals surface area contributed by atoms with Gasteiger partial charge in [-0.25, -0.2) is 9.37 Å². The molecule has 0 aliphatic rings. The molecule has 5 heteroatoms. The third-order valence-corrected chi connectivity index (χ3v) is 2.60. The van der Waals surface area contributed by atoms with Crippen molar-refractivity contribution in [2.24, 2.45) is 0 Å². The van der Waals surface area contributed by atoms with Crippen LogP contribution in [-0.4, -0.2) is 15.8 Å². The maximum Gasteiger partial charge on any atom is 0.187 e. The molecular formula is C12H8ClFN2O. The summed E-state index contributed by atoms with van der Waals surface area (Å²) in [5.41, 5.74) is 0.386. The second kappa shape index (κ2) is 5.01. The highest BCUT2D eigenvalue weighted by Gasteiger charge is 2.14. The Morgan fingerprint density at radius 3 is 2.82 bits per heavy atom. The Morgan fingerprint density at radius 2 is 2.18 bits per heavy atom. The minimum atomic E-state index is -0.491. The normalized spacial score (nSPS) is 10.2. The van der Waals surface area contributed by atoms with Gasteiger partial charge in [0.05, 0.1) is 6.20 Å². The van der Waals surface area contributed by atoms with Crippen LogP contribution in [0.25, 0.3) is 0 Å². The van der Waals surface area contributed by atoms with E-state index in [2.05, 4.69) is 9.97 Å². The van der Waals surface area contributed by atoms with E-state index >= 15 is 0 Å². The molecule has 0 aliphatic carbocycles. The van der Waals surface area contributed by atoms with Gasteiger partial charge in [0.15, 0.2) is 5.78 Å². The number of nitrogens with zero attached hydrogens (tertiary/aromatic N) is 2. The predicted molar refractivity (Wildman–Crippen MR) is 61.5 cm³/mol. The zero-order chi connectivity index (χ0) is 12.3. The van der Waals surface area contributed by atoms with Gasteiger partial charge >= 0.3 is 0 Å². The van der Waals surface area contributed by atoms with Gasteiger partial charge in [-0.3, -0.25) is 9.78 Å². The molecule has 1 aromatic heterocycles. The summed E-state index contributed by atoms with van der Waals surface area (Å²) in [6.45, 7) is 0. The predicted octanol–water partition coefficient (Wildman–Crippen LogP) is 2.69. The lowest BCUT2D eigenvalue weighted by molar-refractivity contribution is 0.0986. The van der Waals surface area contributed by atoms with Crippen molar-refractivity contribution in [3.8, 4) is 0 Å². The molecule has 1 aromatic carbocycles. The Kier molecular flexibility index (Phi) is 3.44. The van der Waals surface area contributed by atoms with Gasteiger partial charge in [-0.15, -0.1) is 0 Å². The Morgan fingerprint density at radius 1 is 1.35 bits per heavy atom. The molecule has 0 spiro atoms. The van der Waals surface area contributed by atoms with Crippen LogP contribution in [0, 0.1) is 5.82 Å². The number of ketones is 1. The van der Waals surface area contributed by atoms with Crippen LogP contribution < -0.4 is 0 Å². The van der Waals surface area contributed by atoms with Crippen molar-refractivity contribution in [3.63, 3.8) is 0 Å². The zero-order valence-electron chi connectivity index (χ0n) is 8.73. The van der Waals surface area contributed by atoms with Gasteiger partial charge in [-0.05, 0) is 12.1 Å². The lowest BCUT2D eigenvalue weighted by atomic mass is 10.1. The summed E-state index contributed by atoms with van der Waals surface area (Å²) in [6.07, 6.45) is 4.10. The fourth-order valence-electron chi connectivity index (χ4n) is 1.40. The van der Waals surface area contributed by atoms with E-state index < -0.39 is 5.82 Å². The van der Waals surface area contributed by atoms with Gasteiger partial charge in [0.25, 0.3) is 0 Å². The van der Waals surface area contributed by atoms with Gasteiger partial charge in [-0.2, -0.15) is 0 Å². The summed E-state index contributed by atoms with van der Waals surface area (Å²) in [6, 6.07) is 4.31. The van der Waals surface area contributed by atoms with Crippen LogP contribution in [0.1, 0.15) is 16.1 Å².